The average Bonchev–Trinajstić information content (AvgIpc) is 0.802. The molecule has 22 rings (SSSR count). The molecule has 0 atom stereocenters. The van der Waals surface area contributed by atoms with Crippen LogP contribution in [-0.2, 0) is 0 Å². The average molecular weight is 1370 g/mol. The van der Waals surface area contributed by atoms with Gasteiger partial charge >= 0.3 is 0 Å². The van der Waals surface area contributed by atoms with E-state index in [1.54, 1.807) is 0 Å². The van der Waals surface area contributed by atoms with Crippen LogP contribution in [0.1, 0.15) is 0 Å². The number of hydrogen-bond acceptors (Lipinski definition) is 8. The third-order valence-electron chi connectivity index (χ3n) is 22.0. The van der Waals surface area contributed by atoms with Crippen LogP contribution in [0.2, 0.25) is 0 Å². The zero-order valence-corrected chi connectivity index (χ0v) is 58.2. The molecule has 0 amide bonds. The maximum atomic E-state index is 7.10. The Morgan fingerprint density at radius 2 is 0.623 bits per heavy atom. The van der Waals surface area contributed by atoms with E-state index in [0.717, 1.165) is 151 Å². The fraction of sp³-hybridized carbons (Fsp3) is 0. The lowest BCUT2D eigenvalue weighted by molar-refractivity contribution is 0.669. The molecule has 0 saturated carbocycles. The van der Waals surface area contributed by atoms with Gasteiger partial charge in [-0.1, -0.05) is 260 Å². The largest absolute Gasteiger partial charge is 0.455 e. The molecule has 0 fully saturated rings. The molecular weight excluding hydrogens is 1310 g/mol. The zero-order chi connectivity index (χ0) is 69.5. The van der Waals surface area contributed by atoms with Gasteiger partial charge in [-0.3, -0.25) is 0 Å². The Hall–Kier alpha value is -13.4. The summed E-state index contributed by atoms with van der Waals surface area (Å²) >= 11 is 1.88. The molecule has 106 heavy (non-hydrogen) atoms. The molecule has 4 aliphatic heterocycles. The Kier molecular flexibility index (Phi) is 13.7. The molecule has 7 nitrogen and oxygen atoms in total. The number of anilines is 15. The van der Waals surface area contributed by atoms with Crippen LogP contribution >= 0.6 is 11.8 Å². The first kappa shape index (κ1) is 60.2. The van der Waals surface area contributed by atoms with Crippen LogP contribution in [0.25, 0.3) is 66.1 Å². The molecule has 10 heteroatoms. The number of fused-ring (bicyclic) bond motifs is 14. The van der Waals surface area contributed by atoms with Gasteiger partial charge in [0.15, 0.2) is 0 Å². The van der Waals surface area contributed by atoms with E-state index in [-0.39, 0.29) is 13.4 Å². The summed E-state index contributed by atoms with van der Waals surface area (Å²) in [5, 5.41) is 4.32. The van der Waals surface area contributed by atoms with Crippen molar-refractivity contribution in [1.29, 1.82) is 0 Å². The Bertz CT molecular complexity index is 6490. The van der Waals surface area contributed by atoms with E-state index < -0.39 is 0 Å². The van der Waals surface area contributed by atoms with Gasteiger partial charge in [-0.05, 0) is 155 Å². The van der Waals surface area contributed by atoms with E-state index in [9.17, 15) is 0 Å². The molecule has 0 spiro atoms. The second-order valence-electron chi connectivity index (χ2n) is 27.8. The SMILES string of the molecule is c1ccc(N(c2ccccc2)c2cc3c4c(c2)N(c2ccccc2-c2cccc5c2oc2ccccc25)c2cc5c(cc2B4c2ccccc2S3)B2c3ccccc3N(c3ccccc3)c3cc(N(c4ccccc4)c4ccccc4)cc(c32)N5c2ccccc2-c2cccc3c2oc2ccccc23)cc1. The summed E-state index contributed by atoms with van der Waals surface area (Å²) in [5.74, 6) is 0. The number of rotatable bonds is 11. The van der Waals surface area contributed by atoms with Gasteiger partial charge in [0.1, 0.15) is 22.3 Å². The van der Waals surface area contributed by atoms with E-state index in [2.05, 4.69) is 395 Å². The Balaban J connectivity index is 0.893. The number of para-hydroxylation sites is 12. The monoisotopic (exact) mass is 1370 g/mol. The van der Waals surface area contributed by atoms with Gasteiger partial charge in [0.05, 0.1) is 17.1 Å². The van der Waals surface area contributed by atoms with Crippen LogP contribution in [0, 0.1) is 0 Å². The first-order chi connectivity index (χ1) is 52.6. The molecule has 0 N–H and O–H groups in total. The number of benzene rings is 16. The maximum Gasteiger partial charge on any atom is 0.252 e. The first-order valence-corrected chi connectivity index (χ1v) is 37.1. The molecule has 0 radical (unpaired) electrons. The number of hydrogen-bond donors (Lipinski definition) is 0. The van der Waals surface area contributed by atoms with Crippen LogP contribution in [0.3, 0.4) is 0 Å². The standard InChI is InChI=1S/C96H61B2N5O2S/c1-6-30-62(31-7-1)99(63-32-8-2-9-33-63)67-56-86-93-87(57-67)102(81-50-22-16-40-69(81)73-44-28-46-75-71-42-18-25-53-89(71)104-95(73)75)84-61-85-80(60-79(84)97(93)77-48-20-24-52-83(77)101(86)66-38-14-5-15-39-66)98-78-49-21-27-55-91(78)106-92-59-68(100(64-34-10-3-11-35-64)65-36-12-4-13-37-65)58-88(94(92)98)103(85)82-51-23-17-41-70(82)74-45-29-47-76-72-43-19-26-54-90(72)105-96(74)76/h1-61H. The van der Waals surface area contributed by atoms with Gasteiger partial charge in [-0.2, -0.15) is 0 Å². The van der Waals surface area contributed by atoms with Gasteiger partial charge in [0, 0.05) is 122 Å². The third-order valence-corrected chi connectivity index (χ3v) is 23.2. The lowest BCUT2D eigenvalue weighted by atomic mass is 9.30. The summed E-state index contributed by atoms with van der Waals surface area (Å²) in [6.45, 7) is -0.451. The predicted molar refractivity (Wildman–Crippen MR) is 445 cm³/mol. The van der Waals surface area contributed by atoms with Crippen LogP contribution in [0.4, 0.5) is 85.3 Å². The van der Waals surface area contributed by atoms with E-state index in [0.29, 0.717) is 0 Å². The predicted octanol–water partition coefficient (Wildman–Crippen LogP) is 22.6. The molecule has 494 valence electrons. The fourth-order valence-corrected chi connectivity index (χ4v) is 18.9. The quantitative estimate of drug-likeness (QED) is 0.119. The molecule has 4 aliphatic rings. The normalized spacial score (nSPS) is 13.0. The Morgan fingerprint density at radius 1 is 0.236 bits per heavy atom. The van der Waals surface area contributed by atoms with Gasteiger partial charge in [-0.15, -0.1) is 0 Å². The second kappa shape index (κ2) is 24.1. The molecular formula is C96H61B2N5O2S. The lowest BCUT2D eigenvalue weighted by Crippen LogP contribution is -2.64. The van der Waals surface area contributed by atoms with Crippen molar-refractivity contribution in [2.75, 3.05) is 24.5 Å². The highest BCUT2D eigenvalue weighted by molar-refractivity contribution is 8.00. The van der Waals surface area contributed by atoms with Gasteiger partial charge < -0.3 is 33.3 Å². The van der Waals surface area contributed by atoms with Crippen LogP contribution in [0.5, 0.6) is 0 Å². The summed E-state index contributed by atoms with van der Waals surface area (Å²) in [7, 11) is 0. The maximum absolute atomic E-state index is 7.10. The van der Waals surface area contributed by atoms with E-state index in [4.69, 9.17) is 8.83 Å². The van der Waals surface area contributed by atoms with Crippen molar-refractivity contribution in [3.05, 3.63) is 370 Å². The van der Waals surface area contributed by atoms with Crippen molar-refractivity contribution < 1.29 is 8.83 Å². The summed E-state index contributed by atoms with van der Waals surface area (Å²) < 4.78 is 14.2. The van der Waals surface area contributed by atoms with Crippen molar-refractivity contribution >= 4 is 187 Å². The van der Waals surface area contributed by atoms with Gasteiger partial charge in [-0.25, -0.2) is 0 Å². The summed E-state index contributed by atoms with van der Waals surface area (Å²) in [6, 6.07) is 136. The van der Waals surface area contributed by atoms with Gasteiger partial charge in [0.2, 0.25) is 6.71 Å². The summed E-state index contributed by atoms with van der Waals surface area (Å²) in [6.07, 6.45) is 0. The lowest BCUT2D eigenvalue weighted by Gasteiger charge is -2.47. The highest BCUT2D eigenvalue weighted by Crippen LogP contribution is 2.55. The van der Waals surface area contributed by atoms with Crippen molar-refractivity contribution in [1.82, 2.24) is 0 Å². The van der Waals surface area contributed by atoms with Crippen LogP contribution in [0.15, 0.2) is 389 Å². The highest BCUT2D eigenvalue weighted by atomic mass is 32.2. The number of nitrogens with zero attached hydrogens (tertiary/aromatic N) is 5. The molecule has 0 aliphatic carbocycles. The van der Waals surface area contributed by atoms with Crippen molar-refractivity contribution in [2.24, 2.45) is 0 Å². The third kappa shape index (κ3) is 9.24. The van der Waals surface area contributed by atoms with Gasteiger partial charge in [0.25, 0.3) is 6.71 Å². The minimum absolute atomic E-state index is 0.194. The molecule has 2 aromatic heterocycles. The molecule has 0 unspecified atom stereocenters. The molecule has 0 bridgehead atoms. The van der Waals surface area contributed by atoms with E-state index in [1.165, 1.54) is 42.6 Å². The fourth-order valence-electron chi connectivity index (χ4n) is 17.7. The van der Waals surface area contributed by atoms with Crippen molar-refractivity contribution in [3.63, 3.8) is 0 Å². The molecule has 16 aromatic carbocycles. The second-order valence-corrected chi connectivity index (χ2v) is 28.8. The zero-order valence-electron chi connectivity index (χ0n) is 57.3. The molecule has 6 heterocycles. The molecule has 0 saturated heterocycles. The summed E-state index contributed by atoms with van der Waals surface area (Å²) in [5.41, 5.74) is 30.8. The van der Waals surface area contributed by atoms with Crippen molar-refractivity contribution in [2.45, 2.75) is 9.79 Å². The van der Waals surface area contributed by atoms with Crippen LogP contribution < -0.4 is 57.3 Å². The van der Waals surface area contributed by atoms with E-state index >= 15 is 0 Å². The van der Waals surface area contributed by atoms with Crippen LogP contribution in [-0.4, -0.2) is 13.4 Å². The first-order valence-electron chi connectivity index (χ1n) is 36.3. The minimum atomic E-state index is -0.257. The highest BCUT2D eigenvalue weighted by Gasteiger charge is 2.49. The minimum Gasteiger partial charge on any atom is -0.455 e. The Morgan fingerprint density at radius 3 is 1.15 bits per heavy atom. The van der Waals surface area contributed by atoms with E-state index in [1.807, 2.05) is 11.8 Å². The summed E-state index contributed by atoms with van der Waals surface area (Å²) in [4.78, 5) is 15.1. The number of furan rings is 2. The molecule has 18 aromatic rings. The topological polar surface area (TPSA) is 42.5 Å². The Labute approximate surface area is 618 Å². The van der Waals surface area contributed by atoms with Crippen molar-refractivity contribution in [3.8, 4) is 22.3 Å². The smallest absolute Gasteiger partial charge is 0.252 e.